The lowest BCUT2D eigenvalue weighted by molar-refractivity contribution is -0.137. The highest BCUT2D eigenvalue weighted by Crippen LogP contribution is 2.35. The Morgan fingerprint density at radius 1 is 1.44 bits per heavy atom. The van der Waals surface area contributed by atoms with E-state index in [2.05, 4.69) is 10.2 Å². The summed E-state index contributed by atoms with van der Waals surface area (Å²) in [5.41, 5.74) is 1.34. The van der Waals surface area contributed by atoms with Crippen LogP contribution in [0, 0.1) is 6.92 Å². The zero-order chi connectivity index (χ0) is 18.0. The van der Waals surface area contributed by atoms with E-state index in [1.54, 1.807) is 18.9 Å². The first kappa shape index (κ1) is 17.5. The maximum Gasteiger partial charge on any atom is 0.229 e. The number of H-pyrrole nitrogens is 1. The molecule has 2 N–H and O–H groups in total. The second-order valence-corrected chi connectivity index (χ2v) is 6.84. The van der Waals surface area contributed by atoms with Crippen molar-refractivity contribution in [1.29, 1.82) is 0 Å². The van der Waals surface area contributed by atoms with Crippen molar-refractivity contribution in [1.82, 2.24) is 15.1 Å². The molecule has 6 heteroatoms. The summed E-state index contributed by atoms with van der Waals surface area (Å²) >= 11 is 0. The van der Waals surface area contributed by atoms with Crippen molar-refractivity contribution >= 4 is 5.91 Å². The monoisotopic (exact) mass is 343 g/mol. The van der Waals surface area contributed by atoms with Gasteiger partial charge in [0.15, 0.2) is 0 Å². The van der Waals surface area contributed by atoms with Gasteiger partial charge in [0.05, 0.1) is 25.3 Å². The number of hydrogen-bond acceptors (Lipinski definition) is 4. The number of carbonyl (C=O) groups excluding carboxylic acids is 1. The SMILES string of the molecule is COc1ccc([C@@](C)(O)[C@@H]2CCCN2C(=O)Cc2cc(C)[nH]n2)cc1. The number of aromatic amines is 1. The molecule has 1 aromatic carbocycles. The molecule has 1 saturated heterocycles. The quantitative estimate of drug-likeness (QED) is 0.872. The summed E-state index contributed by atoms with van der Waals surface area (Å²) in [6, 6.07) is 9.01. The minimum absolute atomic E-state index is 0.00258. The number of methoxy groups -OCH3 is 1. The van der Waals surface area contributed by atoms with E-state index in [1.807, 2.05) is 37.3 Å². The molecule has 1 fully saturated rings. The lowest BCUT2D eigenvalue weighted by atomic mass is 9.86. The largest absolute Gasteiger partial charge is 0.497 e. The Morgan fingerprint density at radius 2 is 2.16 bits per heavy atom. The van der Waals surface area contributed by atoms with Crippen LogP contribution in [0.3, 0.4) is 0 Å². The molecule has 0 saturated carbocycles. The van der Waals surface area contributed by atoms with Gasteiger partial charge >= 0.3 is 0 Å². The second-order valence-electron chi connectivity index (χ2n) is 6.84. The lowest BCUT2D eigenvalue weighted by Gasteiger charge is -2.37. The number of nitrogens with zero attached hydrogens (tertiary/aromatic N) is 2. The predicted molar refractivity (Wildman–Crippen MR) is 94.3 cm³/mol. The Morgan fingerprint density at radius 3 is 2.76 bits per heavy atom. The van der Waals surface area contributed by atoms with Gasteiger partial charge in [-0.15, -0.1) is 0 Å². The van der Waals surface area contributed by atoms with Gasteiger partial charge in [0, 0.05) is 12.2 Å². The molecular weight excluding hydrogens is 318 g/mol. The average Bonchev–Trinajstić information content (AvgIpc) is 3.24. The van der Waals surface area contributed by atoms with Crippen LogP contribution in [-0.4, -0.2) is 45.8 Å². The number of aryl methyl sites for hydroxylation is 1. The first-order valence-electron chi connectivity index (χ1n) is 8.59. The van der Waals surface area contributed by atoms with Gasteiger partial charge in [0.25, 0.3) is 0 Å². The fourth-order valence-corrected chi connectivity index (χ4v) is 3.59. The van der Waals surface area contributed by atoms with E-state index in [-0.39, 0.29) is 18.4 Å². The van der Waals surface area contributed by atoms with Crippen LogP contribution in [0.4, 0.5) is 0 Å². The molecule has 1 aliphatic rings. The van der Waals surface area contributed by atoms with Crippen LogP contribution in [0.1, 0.15) is 36.7 Å². The number of ether oxygens (including phenoxy) is 1. The van der Waals surface area contributed by atoms with Crippen molar-refractivity contribution in [2.45, 2.75) is 44.8 Å². The Labute approximate surface area is 147 Å². The van der Waals surface area contributed by atoms with E-state index in [9.17, 15) is 9.90 Å². The first-order valence-corrected chi connectivity index (χ1v) is 8.59. The van der Waals surface area contributed by atoms with Crippen molar-refractivity contribution in [3.05, 3.63) is 47.3 Å². The smallest absolute Gasteiger partial charge is 0.229 e. The maximum atomic E-state index is 12.8. The predicted octanol–water partition coefficient (Wildman–Crippen LogP) is 2.17. The molecule has 6 nitrogen and oxygen atoms in total. The van der Waals surface area contributed by atoms with Crippen molar-refractivity contribution in [2.75, 3.05) is 13.7 Å². The third-order valence-electron chi connectivity index (χ3n) is 4.99. The maximum absolute atomic E-state index is 12.8. The number of likely N-dealkylation sites (tertiary alicyclic amines) is 1. The van der Waals surface area contributed by atoms with Crippen LogP contribution >= 0.6 is 0 Å². The molecule has 0 spiro atoms. The third-order valence-corrected chi connectivity index (χ3v) is 4.99. The number of benzene rings is 1. The number of nitrogens with one attached hydrogen (secondary N) is 1. The summed E-state index contributed by atoms with van der Waals surface area (Å²) in [6.45, 7) is 4.36. The van der Waals surface area contributed by atoms with Gasteiger partial charge in [-0.2, -0.15) is 5.10 Å². The number of carbonyl (C=O) groups is 1. The molecular formula is C19H25N3O3. The molecule has 25 heavy (non-hydrogen) atoms. The van der Waals surface area contributed by atoms with Crippen LogP contribution in [0.15, 0.2) is 30.3 Å². The molecule has 0 aliphatic carbocycles. The minimum Gasteiger partial charge on any atom is -0.497 e. The number of amides is 1. The molecule has 1 aliphatic heterocycles. The molecule has 0 unspecified atom stereocenters. The molecule has 3 rings (SSSR count). The number of aromatic nitrogens is 2. The van der Waals surface area contributed by atoms with E-state index in [4.69, 9.17) is 4.74 Å². The van der Waals surface area contributed by atoms with Crippen molar-refractivity contribution < 1.29 is 14.6 Å². The Bertz CT molecular complexity index is 737. The van der Waals surface area contributed by atoms with Gasteiger partial charge in [-0.25, -0.2) is 0 Å². The number of aliphatic hydroxyl groups is 1. The summed E-state index contributed by atoms with van der Waals surface area (Å²) in [4.78, 5) is 14.6. The Balaban J connectivity index is 1.77. The molecule has 1 aromatic heterocycles. The van der Waals surface area contributed by atoms with E-state index < -0.39 is 5.60 Å². The number of rotatable bonds is 5. The van der Waals surface area contributed by atoms with E-state index >= 15 is 0 Å². The van der Waals surface area contributed by atoms with Gasteiger partial charge in [-0.3, -0.25) is 9.89 Å². The minimum atomic E-state index is -1.11. The second kappa shape index (κ2) is 6.88. The van der Waals surface area contributed by atoms with E-state index in [0.717, 1.165) is 35.5 Å². The van der Waals surface area contributed by atoms with Crippen LogP contribution in [0.25, 0.3) is 0 Å². The van der Waals surface area contributed by atoms with E-state index in [0.29, 0.717) is 6.54 Å². The lowest BCUT2D eigenvalue weighted by Crippen LogP contribution is -2.48. The van der Waals surface area contributed by atoms with Gasteiger partial charge < -0.3 is 14.7 Å². The third kappa shape index (κ3) is 3.54. The summed E-state index contributed by atoms with van der Waals surface area (Å²) in [5.74, 6) is 0.746. The highest BCUT2D eigenvalue weighted by atomic mass is 16.5. The van der Waals surface area contributed by atoms with Gasteiger partial charge in [-0.1, -0.05) is 12.1 Å². The van der Waals surface area contributed by atoms with Gasteiger partial charge in [0.2, 0.25) is 5.91 Å². The zero-order valence-electron chi connectivity index (χ0n) is 15.0. The summed E-state index contributed by atoms with van der Waals surface area (Å²) in [6.07, 6.45) is 1.92. The molecule has 134 valence electrons. The highest BCUT2D eigenvalue weighted by Gasteiger charge is 2.42. The fraction of sp³-hybridized carbons (Fsp3) is 0.474. The standard InChI is InChI=1S/C19H25N3O3/c1-13-11-15(21-20-13)12-18(23)22-10-4-5-17(22)19(2,24)14-6-8-16(25-3)9-7-14/h6-9,11,17,24H,4-5,10,12H2,1-3H3,(H,20,21)/t17-,19+/m0/s1. The van der Waals surface area contributed by atoms with Crippen molar-refractivity contribution in [2.24, 2.45) is 0 Å². The molecule has 2 atom stereocenters. The molecule has 1 amide bonds. The van der Waals surface area contributed by atoms with Crippen LogP contribution < -0.4 is 4.74 Å². The van der Waals surface area contributed by atoms with Crippen LogP contribution in [0.5, 0.6) is 5.75 Å². The van der Waals surface area contributed by atoms with Crippen LogP contribution in [0.2, 0.25) is 0 Å². The van der Waals surface area contributed by atoms with Crippen molar-refractivity contribution in [3.8, 4) is 5.75 Å². The topological polar surface area (TPSA) is 78.5 Å². The first-order chi connectivity index (χ1) is 11.9. The number of hydrogen-bond donors (Lipinski definition) is 2. The Kier molecular flexibility index (Phi) is 4.81. The average molecular weight is 343 g/mol. The van der Waals surface area contributed by atoms with Gasteiger partial charge in [-0.05, 0) is 50.5 Å². The fourth-order valence-electron chi connectivity index (χ4n) is 3.59. The summed E-state index contributed by atoms with van der Waals surface area (Å²) in [7, 11) is 1.61. The highest BCUT2D eigenvalue weighted by molar-refractivity contribution is 5.79. The summed E-state index contributed by atoms with van der Waals surface area (Å²) < 4.78 is 5.18. The van der Waals surface area contributed by atoms with Crippen LogP contribution in [-0.2, 0) is 16.8 Å². The van der Waals surface area contributed by atoms with E-state index in [1.165, 1.54) is 0 Å². The normalized spacial score (nSPS) is 19.7. The molecule has 0 radical (unpaired) electrons. The Hall–Kier alpha value is -2.34. The summed E-state index contributed by atoms with van der Waals surface area (Å²) in [5, 5.41) is 18.2. The molecule has 0 bridgehead atoms. The zero-order valence-corrected chi connectivity index (χ0v) is 15.0. The molecule has 2 heterocycles. The van der Waals surface area contributed by atoms with Gasteiger partial charge in [0.1, 0.15) is 11.4 Å². The molecule has 2 aromatic rings. The van der Waals surface area contributed by atoms with Crippen molar-refractivity contribution in [3.63, 3.8) is 0 Å².